The van der Waals surface area contributed by atoms with Crippen molar-refractivity contribution >= 4 is 23.0 Å². The summed E-state index contributed by atoms with van der Waals surface area (Å²) < 4.78 is 0. The molecule has 0 fully saturated rings. The molecule has 120 valence electrons. The van der Waals surface area contributed by atoms with E-state index in [4.69, 9.17) is 0 Å². The van der Waals surface area contributed by atoms with Crippen LogP contribution in [0.2, 0.25) is 0 Å². The van der Waals surface area contributed by atoms with Crippen molar-refractivity contribution in [2.75, 3.05) is 5.75 Å². The van der Waals surface area contributed by atoms with E-state index in [0.29, 0.717) is 5.92 Å². The standard InChI is InChI=1S/C20H23NOS/c1-17(22)23-16-14-19(11-10-18-7-3-2-4-8-18)12-13-20-9-5-6-15-21-20/h2-11,15,19H,12-14,16H2,1H3. The summed E-state index contributed by atoms with van der Waals surface area (Å²) in [7, 11) is 0. The predicted octanol–water partition coefficient (Wildman–Crippen LogP) is 5.01. The third-order valence-corrected chi connectivity index (χ3v) is 4.50. The first-order chi connectivity index (χ1) is 11.2. The van der Waals surface area contributed by atoms with Crippen LogP contribution in [0, 0.1) is 5.92 Å². The molecule has 2 nitrogen and oxygen atoms in total. The second kappa shape index (κ2) is 10.0. The Morgan fingerprint density at radius 2 is 1.91 bits per heavy atom. The molecule has 1 atom stereocenters. The van der Waals surface area contributed by atoms with Crippen molar-refractivity contribution in [1.82, 2.24) is 4.98 Å². The number of hydrogen-bond acceptors (Lipinski definition) is 3. The number of nitrogens with zero attached hydrogens (tertiary/aromatic N) is 1. The number of carbonyl (C=O) groups is 1. The van der Waals surface area contributed by atoms with Gasteiger partial charge in [0.2, 0.25) is 0 Å². The van der Waals surface area contributed by atoms with Crippen molar-refractivity contribution in [3.63, 3.8) is 0 Å². The summed E-state index contributed by atoms with van der Waals surface area (Å²) in [5.74, 6) is 1.34. The molecule has 1 heterocycles. The van der Waals surface area contributed by atoms with Gasteiger partial charge in [-0.3, -0.25) is 9.78 Å². The zero-order chi connectivity index (χ0) is 16.3. The lowest BCUT2D eigenvalue weighted by Gasteiger charge is -2.12. The second-order valence-electron chi connectivity index (χ2n) is 5.52. The third-order valence-electron chi connectivity index (χ3n) is 3.65. The number of rotatable bonds is 8. The van der Waals surface area contributed by atoms with E-state index in [1.807, 2.05) is 36.5 Å². The molecule has 0 aliphatic heterocycles. The van der Waals surface area contributed by atoms with Crippen LogP contribution in [-0.2, 0) is 11.2 Å². The topological polar surface area (TPSA) is 30.0 Å². The summed E-state index contributed by atoms with van der Waals surface area (Å²) in [6.45, 7) is 1.63. The number of benzene rings is 1. The minimum Gasteiger partial charge on any atom is -0.288 e. The molecule has 1 aromatic carbocycles. The van der Waals surface area contributed by atoms with E-state index in [-0.39, 0.29) is 5.12 Å². The van der Waals surface area contributed by atoms with Gasteiger partial charge in [-0.25, -0.2) is 0 Å². The number of aromatic nitrogens is 1. The van der Waals surface area contributed by atoms with Crippen molar-refractivity contribution in [2.45, 2.75) is 26.2 Å². The highest BCUT2D eigenvalue weighted by Crippen LogP contribution is 2.19. The molecule has 0 aliphatic rings. The van der Waals surface area contributed by atoms with E-state index < -0.39 is 0 Å². The van der Waals surface area contributed by atoms with Gasteiger partial charge in [-0.15, -0.1) is 0 Å². The molecule has 2 rings (SSSR count). The Kier molecular flexibility index (Phi) is 7.61. The highest BCUT2D eigenvalue weighted by Gasteiger charge is 2.07. The SMILES string of the molecule is CC(=O)SCCC(C=Cc1ccccc1)CCc1ccccn1. The molecule has 1 unspecified atom stereocenters. The quantitative estimate of drug-likeness (QED) is 0.683. The monoisotopic (exact) mass is 325 g/mol. The maximum absolute atomic E-state index is 11.1. The molecule has 0 saturated carbocycles. The lowest BCUT2D eigenvalue weighted by atomic mass is 9.97. The maximum atomic E-state index is 11.1. The van der Waals surface area contributed by atoms with Crippen LogP contribution in [0.15, 0.2) is 60.8 Å². The Labute approximate surface area is 143 Å². The van der Waals surface area contributed by atoms with Gasteiger partial charge < -0.3 is 0 Å². The van der Waals surface area contributed by atoms with E-state index in [1.54, 1.807) is 6.92 Å². The van der Waals surface area contributed by atoms with Crippen LogP contribution < -0.4 is 0 Å². The first-order valence-electron chi connectivity index (χ1n) is 8.00. The highest BCUT2D eigenvalue weighted by atomic mass is 32.2. The lowest BCUT2D eigenvalue weighted by molar-refractivity contribution is -0.109. The smallest absolute Gasteiger partial charge is 0.185 e. The molecular weight excluding hydrogens is 302 g/mol. The summed E-state index contributed by atoms with van der Waals surface area (Å²) in [6.07, 6.45) is 9.34. The number of aryl methyl sites for hydroxylation is 1. The molecule has 0 bridgehead atoms. The van der Waals surface area contributed by atoms with Gasteiger partial charge >= 0.3 is 0 Å². The first-order valence-corrected chi connectivity index (χ1v) is 8.99. The van der Waals surface area contributed by atoms with Gasteiger partial charge in [0.15, 0.2) is 5.12 Å². The predicted molar refractivity (Wildman–Crippen MR) is 99.3 cm³/mol. The normalized spacial score (nSPS) is 12.4. The summed E-state index contributed by atoms with van der Waals surface area (Å²) in [5.41, 5.74) is 2.35. The Balaban J connectivity index is 1.93. The van der Waals surface area contributed by atoms with Crippen molar-refractivity contribution in [3.05, 3.63) is 72.1 Å². The fourth-order valence-corrected chi connectivity index (χ4v) is 3.09. The van der Waals surface area contributed by atoms with Crippen LogP contribution in [0.5, 0.6) is 0 Å². The average molecular weight is 325 g/mol. The van der Waals surface area contributed by atoms with Crippen LogP contribution in [0.25, 0.3) is 6.08 Å². The van der Waals surface area contributed by atoms with Crippen LogP contribution in [0.4, 0.5) is 0 Å². The number of allylic oxidation sites excluding steroid dienone is 1. The third kappa shape index (κ3) is 7.29. The van der Waals surface area contributed by atoms with Gasteiger partial charge in [-0.05, 0) is 42.9 Å². The van der Waals surface area contributed by atoms with E-state index >= 15 is 0 Å². The van der Waals surface area contributed by atoms with E-state index in [2.05, 4.69) is 35.3 Å². The van der Waals surface area contributed by atoms with E-state index in [1.165, 1.54) is 17.3 Å². The molecule has 2 aromatic rings. The van der Waals surface area contributed by atoms with Gasteiger partial charge in [-0.2, -0.15) is 0 Å². The van der Waals surface area contributed by atoms with E-state index in [9.17, 15) is 4.79 Å². The summed E-state index contributed by atoms with van der Waals surface area (Å²) >= 11 is 1.41. The summed E-state index contributed by atoms with van der Waals surface area (Å²) in [6, 6.07) is 16.4. The summed E-state index contributed by atoms with van der Waals surface area (Å²) in [4.78, 5) is 15.5. The zero-order valence-corrected chi connectivity index (χ0v) is 14.3. The van der Waals surface area contributed by atoms with E-state index in [0.717, 1.165) is 30.7 Å². The fraction of sp³-hybridized carbons (Fsp3) is 0.300. The van der Waals surface area contributed by atoms with Crippen LogP contribution in [-0.4, -0.2) is 15.9 Å². The fourth-order valence-electron chi connectivity index (χ4n) is 2.38. The largest absolute Gasteiger partial charge is 0.288 e. The van der Waals surface area contributed by atoms with Crippen LogP contribution in [0.1, 0.15) is 31.0 Å². The van der Waals surface area contributed by atoms with Gasteiger partial charge in [0.1, 0.15) is 0 Å². The average Bonchev–Trinajstić information content (AvgIpc) is 2.58. The molecule has 0 radical (unpaired) electrons. The molecule has 0 saturated heterocycles. The molecule has 0 spiro atoms. The van der Waals surface area contributed by atoms with Crippen molar-refractivity contribution in [1.29, 1.82) is 0 Å². The number of carbonyl (C=O) groups excluding carboxylic acids is 1. The Bertz CT molecular complexity index is 610. The van der Waals surface area contributed by atoms with Crippen molar-refractivity contribution < 1.29 is 4.79 Å². The molecule has 23 heavy (non-hydrogen) atoms. The highest BCUT2D eigenvalue weighted by molar-refractivity contribution is 8.13. The number of thioether (sulfide) groups is 1. The van der Waals surface area contributed by atoms with Gasteiger partial charge in [0.25, 0.3) is 0 Å². The van der Waals surface area contributed by atoms with Crippen molar-refractivity contribution in [3.8, 4) is 0 Å². The molecule has 0 aliphatic carbocycles. The molecule has 1 aromatic heterocycles. The first kappa shape index (κ1) is 17.5. The minimum atomic E-state index is 0.195. The molecule has 3 heteroatoms. The second-order valence-corrected chi connectivity index (χ2v) is 6.79. The number of pyridine rings is 1. The maximum Gasteiger partial charge on any atom is 0.185 e. The van der Waals surface area contributed by atoms with Gasteiger partial charge in [-0.1, -0.05) is 60.3 Å². The Hall–Kier alpha value is -1.87. The zero-order valence-electron chi connectivity index (χ0n) is 13.5. The molecule has 0 N–H and O–H groups in total. The Morgan fingerprint density at radius 3 is 2.61 bits per heavy atom. The number of hydrogen-bond donors (Lipinski definition) is 0. The van der Waals surface area contributed by atoms with Gasteiger partial charge in [0.05, 0.1) is 0 Å². The van der Waals surface area contributed by atoms with Crippen LogP contribution in [0.3, 0.4) is 0 Å². The summed E-state index contributed by atoms with van der Waals surface area (Å²) in [5, 5.41) is 0.195. The Morgan fingerprint density at radius 1 is 1.13 bits per heavy atom. The van der Waals surface area contributed by atoms with Crippen LogP contribution >= 0.6 is 11.8 Å². The van der Waals surface area contributed by atoms with Crippen molar-refractivity contribution in [2.24, 2.45) is 5.92 Å². The molecule has 0 amide bonds. The lowest BCUT2D eigenvalue weighted by Crippen LogP contribution is -2.03. The minimum absolute atomic E-state index is 0.195. The van der Waals surface area contributed by atoms with Gasteiger partial charge in [0, 0.05) is 24.6 Å². The molecular formula is C20H23NOS.